The van der Waals surface area contributed by atoms with Gasteiger partial charge in [-0.3, -0.25) is 10.1 Å². The van der Waals surface area contributed by atoms with Crippen LogP contribution in [0.2, 0.25) is 0 Å². The van der Waals surface area contributed by atoms with E-state index >= 15 is 0 Å². The molecule has 1 aromatic heterocycles. The van der Waals surface area contributed by atoms with Crippen molar-refractivity contribution >= 4 is 22.5 Å². The smallest absolute Gasteiger partial charge is 0.296 e. The number of fused-ring (bicyclic) bond motifs is 1. The molecule has 0 bridgehead atoms. The van der Waals surface area contributed by atoms with Crippen LogP contribution in [-0.4, -0.2) is 36.2 Å². The third-order valence-electron chi connectivity index (χ3n) is 2.98. The summed E-state index contributed by atoms with van der Waals surface area (Å²) in [6.45, 7) is 2.44. The summed E-state index contributed by atoms with van der Waals surface area (Å²) in [6.07, 6.45) is 1.29. The predicted molar refractivity (Wildman–Crippen MR) is 63.7 cm³/mol. The van der Waals surface area contributed by atoms with Crippen LogP contribution in [0, 0.1) is 10.1 Å². The maximum atomic E-state index is 11.1. The maximum Gasteiger partial charge on any atom is 0.296 e. The molecule has 2 aromatic rings. The molecule has 94 valence electrons. The number of hydrogen-bond acceptors (Lipinski definition) is 6. The molecule has 0 atom stereocenters. The Balaban J connectivity index is 2.11. The van der Waals surface area contributed by atoms with Crippen LogP contribution < -0.4 is 4.90 Å². The van der Waals surface area contributed by atoms with Crippen LogP contribution in [0.25, 0.3) is 11.1 Å². The summed E-state index contributed by atoms with van der Waals surface area (Å²) < 4.78 is 10.3. The van der Waals surface area contributed by atoms with E-state index in [0.29, 0.717) is 43.1 Å². The molecule has 0 N–H and O–H groups in total. The van der Waals surface area contributed by atoms with E-state index in [0.717, 1.165) is 0 Å². The minimum Gasteiger partial charge on any atom is -0.443 e. The van der Waals surface area contributed by atoms with Crippen LogP contribution in [0.15, 0.2) is 22.9 Å². The highest BCUT2D eigenvalue weighted by atomic mass is 16.6. The monoisotopic (exact) mass is 249 g/mol. The lowest BCUT2D eigenvalue weighted by molar-refractivity contribution is -0.384. The van der Waals surface area contributed by atoms with Crippen molar-refractivity contribution in [3.8, 4) is 0 Å². The van der Waals surface area contributed by atoms with Crippen LogP contribution in [-0.2, 0) is 4.74 Å². The van der Waals surface area contributed by atoms with Gasteiger partial charge in [0.15, 0.2) is 12.0 Å². The number of nitro groups is 1. The summed E-state index contributed by atoms with van der Waals surface area (Å²) in [5.41, 5.74) is 1.67. The van der Waals surface area contributed by atoms with E-state index in [-0.39, 0.29) is 5.69 Å². The first-order valence-corrected chi connectivity index (χ1v) is 5.60. The van der Waals surface area contributed by atoms with Crippen LogP contribution in [0.4, 0.5) is 11.4 Å². The molecule has 7 heteroatoms. The van der Waals surface area contributed by atoms with Gasteiger partial charge in [-0.15, -0.1) is 0 Å². The first-order chi connectivity index (χ1) is 8.75. The first-order valence-electron chi connectivity index (χ1n) is 5.60. The van der Waals surface area contributed by atoms with Crippen LogP contribution in [0.5, 0.6) is 0 Å². The quantitative estimate of drug-likeness (QED) is 0.593. The minimum absolute atomic E-state index is 0.0427. The van der Waals surface area contributed by atoms with Gasteiger partial charge in [-0.05, 0) is 6.07 Å². The second-order valence-electron chi connectivity index (χ2n) is 4.02. The van der Waals surface area contributed by atoms with Crippen molar-refractivity contribution in [3.63, 3.8) is 0 Å². The fourth-order valence-electron chi connectivity index (χ4n) is 2.09. The predicted octanol–water partition coefficient (Wildman–Crippen LogP) is 1.57. The Hall–Kier alpha value is -2.15. The number of benzene rings is 1. The largest absolute Gasteiger partial charge is 0.443 e. The molecule has 7 nitrogen and oxygen atoms in total. The molecule has 0 amide bonds. The van der Waals surface area contributed by atoms with Gasteiger partial charge in [0.25, 0.3) is 5.69 Å². The van der Waals surface area contributed by atoms with Gasteiger partial charge in [0, 0.05) is 13.1 Å². The first kappa shape index (κ1) is 11.0. The second kappa shape index (κ2) is 4.26. The van der Waals surface area contributed by atoms with Gasteiger partial charge < -0.3 is 14.1 Å². The molecule has 18 heavy (non-hydrogen) atoms. The van der Waals surface area contributed by atoms with Gasteiger partial charge in [0.05, 0.1) is 24.2 Å². The minimum atomic E-state index is -0.396. The molecule has 0 spiro atoms. The Bertz CT molecular complexity index is 589. The van der Waals surface area contributed by atoms with Crippen LogP contribution in [0.3, 0.4) is 0 Å². The molecular weight excluding hydrogens is 238 g/mol. The molecular formula is C11H11N3O4. The summed E-state index contributed by atoms with van der Waals surface area (Å²) in [6, 6.07) is 3.12. The van der Waals surface area contributed by atoms with Crippen molar-refractivity contribution in [2.45, 2.75) is 0 Å². The molecule has 1 aliphatic heterocycles. The molecule has 1 fully saturated rings. The van der Waals surface area contributed by atoms with Gasteiger partial charge in [0.2, 0.25) is 0 Å². The molecule has 0 radical (unpaired) electrons. The average molecular weight is 249 g/mol. The van der Waals surface area contributed by atoms with Crippen molar-refractivity contribution in [1.29, 1.82) is 0 Å². The number of nitro benzene ring substituents is 1. The normalized spacial score (nSPS) is 16.1. The SMILES string of the molecule is O=[N+]([O-])c1cc2ocnc2cc1N1CCOCC1. The number of ether oxygens (including phenoxy) is 1. The van der Waals surface area contributed by atoms with Crippen LogP contribution in [0.1, 0.15) is 0 Å². The van der Waals surface area contributed by atoms with Crippen molar-refractivity contribution < 1.29 is 14.1 Å². The summed E-state index contributed by atoms with van der Waals surface area (Å²) in [5.74, 6) is 0. The number of aromatic nitrogens is 1. The Morgan fingerprint density at radius 1 is 1.33 bits per heavy atom. The number of rotatable bonds is 2. The van der Waals surface area contributed by atoms with E-state index in [1.54, 1.807) is 6.07 Å². The molecule has 2 heterocycles. The highest BCUT2D eigenvalue weighted by molar-refractivity contribution is 5.83. The topological polar surface area (TPSA) is 81.6 Å². The van der Waals surface area contributed by atoms with E-state index in [1.807, 2.05) is 4.90 Å². The van der Waals surface area contributed by atoms with Gasteiger partial charge in [-0.25, -0.2) is 4.98 Å². The van der Waals surface area contributed by atoms with Gasteiger partial charge in [-0.2, -0.15) is 0 Å². The third kappa shape index (κ3) is 1.78. The molecule has 1 aromatic carbocycles. The Labute approximate surface area is 102 Å². The summed E-state index contributed by atoms with van der Waals surface area (Å²) in [5, 5.41) is 11.1. The summed E-state index contributed by atoms with van der Waals surface area (Å²) >= 11 is 0. The van der Waals surface area contributed by atoms with E-state index in [4.69, 9.17) is 9.15 Å². The molecule has 0 saturated carbocycles. The van der Waals surface area contributed by atoms with E-state index in [9.17, 15) is 10.1 Å². The zero-order chi connectivity index (χ0) is 12.5. The third-order valence-corrected chi connectivity index (χ3v) is 2.98. The fraction of sp³-hybridized carbons (Fsp3) is 0.364. The van der Waals surface area contributed by atoms with Crippen molar-refractivity contribution in [2.75, 3.05) is 31.2 Å². The van der Waals surface area contributed by atoms with Crippen molar-refractivity contribution in [2.24, 2.45) is 0 Å². The number of nitrogens with zero attached hydrogens (tertiary/aromatic N) is 3. The lowest BCUT2D eigenvalue weighted by atomic mass is 10.2. The van der Waals surface area contributed by atoms with Gasteiger partial charge in [0.1, 0.15) is 11.2 Å². The molecule has 0 unspecified atom stereocenters. The number of morpholine rings is 1. The van der Waals surface area contributed by atoms with Crippen molar-refractivity contribution in [1.82, 2.24) is 4.98 Å². The van der Waals surface area contributed by atoms with Crippen molar-refractivity contribution in [3.05, 3.63) is 28.6 Å². The lowest BCUT2D eigenvalue weighted by Gasteiger charge is -2.28. The molecule has 3 rings (SSSR count). The number of oxazole rings is 1. The average Bonchev–Trinajstić information content (AvgIpc) is 2.85. The Kier molecular flexibility index (Phi) is 2.60. The van der Waals surface area contributed by atoms with E-state index in [2.05, 4.69) is 4.98 Å². The summed E-state index contributed by atoms with van der Waals surface area (Å²) in [4.78, 5) is 16.7. The van der Waals surface area contributed by atoms with E-state index < -0.39 is 4.92 Å². The molecule has 0 aliphatic carbocycles. The standard InChI is InChI=1S/C11H11N3O4/c15-14(16)10-6-11-8(12-7-18-11)5-9(10)13-1-3-17-4-2-13/h5-7H,1-4H2. The number of anilines is 1. The lowest BCUT2D eigenvalue weighted by Crippen LogP contribution is -2.36. The zero-order valence-electron chi connectivity index (χ0n) is 9.54. The van der Waals surface area contributed by atoms with Gasteiger partial charge in [-0.1, -0.05) is 0 Å². The van der Waals surface area contributed by atoms with Crippen LogP contribution >= 0.6 is 0 Å². The van der Waals surface area contributed by atoms with Gasteiger partial charge >= 0.3 is 0 Å². The summed E-state index contributed by atoms with van der Waals surface area (Å²) in [7, 11) is 0. The maximum absolute atomic E-state index is 11.1. The van der Waals surface area contributed by atoms with E-state index in [1.165, 1.54) is 12.5 Å². The fourth-order valence-corrected chi connectivity index (χ4v) is 2.09. The molecule has 1 aliphatic rings. The Morgan fingerprint density at radius 2 is 2.11 bits per heavy atom. The molecule has 1 saturated heterocycles. The highest BCUT2D eigenvalue weighted by Gasteiger charge is 2.23. The second-order valence-corrected chi connectivity index (χ2v) is 4.02. The number of hydrogen-bond donors (Lipinski definition) is 0. The zero-order valence-corrected chi connectivity index (χ0v) is 9.54. The Morgan fingerprint density at radius 3 is 2.83 bits per heavy atom. The highest BCUT2D eigenvalue weighted by Crippen LogP contribution is 2.32.